The van der Waals surface area contributed by atoms with Gasteiger partial charge in [0.15, 0.2) is 0 Å². The first kappa shape index (κ1) is 20.5. The summed E-state index contributed by atoms with van der Waals surface area (Å²) >= 11 is 1.60. The minimum absolute atomic E-state index is 0.00598. The zero-order valence-corrected chi connectivity index (χ0v) is 18.6. The quantitative estimate of drug-likeness (QED) is 0.456. The average Bonchev–Trinajstić information content (AvgIpc) is 3.42. The summed E-state index contributed by atoms with van der Waals surface area (Å²) in [7, 11) is 0. The van der Waals surface area contributed by atoms with Crippen LogP contribution in [0.3, 0.4) is 0 Å². The summed E-state index contributed by atoms with van der Waals surface area (Å²) in [4.78, 5) is 25.7. The first-order valence-corrected chi connectivity index (χ1v) is 11.9. The molecule has 2 aliphatic rings. The number of likely N-dealkylation sites (tertiary alicyclic amines) is 1. The van der Waals surface area contributed by atoms with E-state index in [0.29, 0.717) is 12.8 Å². The number of rotatable bonds is 3. The molecular weight excluding hydrogens is 446 g/mol. The van der Waals surface area contributed by atoms with Gasteiger partial charge in [0.2, 0.25) is 5.91 Å². The molecule has 1 fully saturated rings. The molecule has 1 atom stereocenters. The molecule has 2 N–H and O–H groups in total. The first-order valence-electron chi connectivity index (χ1n) is 11.1. The molecule has 0 radical (unpaired) electrons. The predicted octanol–water partition coefficient (Wildman–Crippen LogP) is 4.67. The molecule has 0 spiro atoms. The molecule has 10 heteroatoms. The van der Waals surface area contributed by atoms with Crippen molar-refractivity contribution in [3.8, 4) is 0 Å². The highest BCUT2D eigenvalue weighted by atomic mass is 32.1. The maximum atomic E-state index is 13.5. The number of hydrogen-bond acceptors (Lipinski definition) is 6. The Morgan fingerprint density at radius 2 is 2.09 bits per heavy atom. The summed E-state index contributed by atoms with van der Waals surface area (Å²) in [6.45, 7) is 0.282. The third-order valence-electron chi connectivity index (χ3n) is 6.70. The van der Waals surface area contributed by atoms with Crippen molar-refractivity contribution in [1.29, 1.82) is 0 Å². The molecule has 3 aromatic heterocycles. The molecule has 1 amide bonds. The molecular formula is C23H22F2N6OS. The second-order valence-corrected chi connectivity index (χ2v) is 9.91. The van der Waals surface area contributed by atoms with Gasteiger partial charge in [0.1, 0.15) is 17.0 Å². The Morgan fingerprint density at radius 3 is 2.94 bits per heavy atom. The molecule has 4 heterocycles. The van der Waals surface area contributed by atoms with Crippen molar-refractivity contribution in [3.63, 3.8) is 0 Å². The topological polar surface area (TPSA) is 86.8 Å². The predicted molar refractivity (Wildman–Crippen MR) is 123 cm³/mol. The van der Waals surface area contributed by atoms with Crippen LogP contribution in [0.4, 0.5) is 20.3 Å². The van der Waals surface area contributed by atoms with Crippen LogP contribution >= 0.6 is 11.3 Å². The van der Waals surface area contributed by atoms with Gasteiger partial charge in [-0.3, -0.25) is 9.89 Å². The Labute approximate surface area is 192 Å². The van der Waals surface area contributed by atoms with Gasteiger partial charge in [0, 0.05) is 47.8 Å². The number of thiophene rings is 1. The van der Waals surface area contributed by atoms with E-state index in [1.54, 1.807) is 28.8 Å². The number of piperidine rings is 1. The number of carbonyl (C=O) groups is 1. The number of benzene rings is 1. The van der Waals surface area contributed by atoms with Crippen LogP contribution in [0.5, 0.6) is 0 Å². The normalized spacial score (nSPS) is 20.2. The molecule has 4 aromatic rings. The molecule has 170 valence electrons. The largest absolute Gasteiger partial charge is 0.342 e. The molecule has 0 bridgehead atoms. The van der Waals surface area contributed by atoms with Crippen LogP contribution in [0.1, 0.15) is 29.7 Å². The molecule has 0 saturated carbocycles. The van der Waals surface area contributed by atoms with Gasteiger partial charge in [-0.2, -0.15) is 5.10 Å². The van der Waals surface area contributed by atoms with Gasteiger partial charge < -0.3 is 10.2 Å². The summed E-state index contributed by atoms with van der Waals surface area (Å²) in [5.74, 6) is -2.05. The van der Waals surface area contributed by atoms with Gasteiger partial charge in [0.25, 0.3) is 5.92 Å². The summed E-state index contributed by atoms with van der Waals surface area (Å²) in [5, 5.41) is 12.5. The van der Waals surface area contributed by atoms with Crippen LogP contribution in [0.2, 0.25) is 0 Å². The maximum Gasteiger partial charge on any atom is 0.251 e. The number of amides is 1. The first-order chi connectivity index (χ1) is 16.0. The van der Waals surface area contributed by atoms with Crippen molar-refractivity contribution < 1.29 is 13.6 Å². The number of anilines is 2. The zero-order valence-electron chi connectivity index (χ0n) is 17.8. The van der Waals surface area contributed by atoms with E-state index in [0.717, 1.165) is 43.9 Å². The van der Waals surface area contributed by atoms with Crippen molar-refractivity contribution in [1.82, 2.24) is 25.1 Å². The van der Waals surface area contributed by atoms with Crippen LogP contribution in [-0.4, -0.2) is 50.0 Å². The van der Waals surface area contributed by atoms with Gasteiger partial charge in [-0.1, -0.05) is 0 Å². The Kier molecular flexibility index (Phi) is 4.79. The lowest BCUT2D eigenvalue weighted by atomic mass is 9.86. The lowest BCUT2D eigenvalue weighted by molar-refractivity contribution is -0.141. The molecule has 6 rings (SSSR count). The molecule has 7 nitrogen and oxygen atoms in total. The lowest BCUT2D eigenvalue weighted by Crippen LogP contribution is -2.46. The second kappa shape index (κ2) is 7.72. The van der Waals surface area contributed by atoms with Crippen molar-refractivity contribution in [2.24, 2.45) is 5.92 Å². The third-order valence-corrected chi connectivity index (χ3v) is 7.87. The minimum Gasteiger partial charge on any atom is -0.342 e. The van der Waals surface area contributed by atoms with E-state index in [1.165, 1.54) is 5.56 Å². The van der Waals surface area contributed by atoms with Crippen LogP contribution < -0.4 is 5.32 Å². The molecule has 1 aromatic carbocycles. The smallest absolute Gasteiger partial charge is 0.251 e. The average molecular weight is 469 g/mol. The number of H-pyrrole nitrogens is 1. The number of halogens is 2. The number of nitrogens with zero attached hydrogens (tertiary/aromatic N) is 4. The fraction of sp³-hybridized carbons (Fsp3) is 0.391. The van der Waals surface area contributed by atoms with Gasteiger partial charge in [-0.15, -0.1) is 11.3 Å². The number of aromatic nitrogens is 4. The molecule has 1 aliphatic heterocycles. The van der Waals surface area contributed by atoms with Crippen LogP contribution in [-0.2, 0) is 17.6 Å². The monoisotopic (exact) mass is 468 g/mol. The van der Waals surface area contributed by atoms with Crippen molar-refractivity contribution in [2.75, 3.05) is 18.4 Å². The number of alkyl halides is 2. The zero-order chi connectivity index (χ0) is 22.6. The Balaban J connectivity index is 1.25. The van der Waals surface area contributed by atoms with Crippen LogP contribution in [0.25, 0.3) is 21.1 Å². The molecule has 33 heavy (non-hydrogen) atoms. The second-order valence-electron chi connectivity index (χ2n) is 8.82. The number of fused-ring (bicyclic) bond motifs is 4. The summed E-state index contributed by atoms with van der Waals surface area (Å²) in [5.41, 5.74) is 3.07. The number of carbonyl (C=O) groups excluding carboxylic acids is 1. The van der Waals surface area contributed by atoms with Gasteiger partial charge in [-0.05, 0) is 43.0 Å². The van der Waals surface area contributed by atoms with Gasteiger partial charge in [0.05, 0.1) is 17.1 Å². The van der Waals surface area contributed by atoms with E-state index in [4.69, 9.17) is 0 Å². The number of nitrogens with one attached hydrogen (secondary N) is 2. The highest BCUT2D eigenvalue weighted by Gasteiger charge is 2.38. The van der Waals surface area contributed by atoms with Crippen molar-refractivity contribution >= 4 is 49.9 Å². The highest BCUT2D eigenvalue weighted by molar-refractivity contribution is 7.19. The van der Waals surface area contributed by atoms with Crippen molar-refractivity contribution in [3.05, 3.63) is 41.2 Å². The maximum absolute atomic E-state index is 13.5. The SMILES string of the molecule is O=C(C1CCc2c(sc3ncnc(Nc4ccc5[nH]ncc5c4)c23)C1)N1CCC(F)(F)CC1. The molecule has 1 saturated heterocycles. The van der Waals surface area contributed by atoms with Gasteiger partial charge >= 0.3 is 0 Å². The Bertz CT molecular complexity index is 1360. The van der Waals surface area contributed by atoms with E-state index >= 15 is 0 Å². The minimum atomic E-state index is -2.65. The standard InChI is InChI=1S/C23H22F2N6OS/c24-23(25)5-7-31(8-6-23)22(32)13-1-3-16-18(10-13)33-21-19(16)20(26-12-27-21)29-15-2-4-17-14(9-15)11-28-30-17/h2,4,9,11-13H,1,3,5-8,10H2,(H,28,30)(H,26,27,29). The van der Waals surface area contributed by atoms with Crippen molar-refractivity contribution in [2.45, 2.75) is 38.0 Å². The lowest BCUT2D eigenvalue weighted by Gasteiger charge is -2.35. The Hall–Kier alpha value is -3.14. The third kappa shape index (κ3) is 3.72. The van der Waals surface area contributed by atoms with Gasteiger partial charge in [-0.25, -0.2) is 18.7 Å². The van der Waals surface area contributed by atoms with E-state index in [1.807, 2.05) is 18.2 Å². The highest BCUT2D eigenvalue weighted by Crippen LogP contribution is 2.41. The van der Waals surface area contributed by atoms with Crippen LogP contribution in [0.15, 0.2) is 30.7 Å². The van der Waals surface area contributed by atoms with E-state index < -0.39 is 5.92 Å². The summed E-state index contributed by atoms with van der Waals surface area (Å²) < 4.78 is 27.0. The number of hydrogen-bond donors (Lipinski definition) is 2. The molecule has 1 unspecified atom stereocenters. The summed E-state index contributed by atoms with van der Waals surface area (Å²) in [6.07, 6.45) is 4.94. The van der Waals surface area contributed by atoms with E-state index in [9.17, 15) is 13.6 Å². The fourth-order valence-electron chi connectivity index (χ4n) is 4.89. The fourth-order valence-corrected chi connectivity index (χ4v) is 6.15. The van der Waals surface area contributed by atoms with E-state index in [-0.39, 0.29) is 37.8 Å². The number of aryl methyl sites for hydroxylation is 1. The molecule has 1 aliphatic carbocycles. The van der Waals surface area contributed by atoms with E-state index in [2.05, 4.69) is 25.5 Å². The Morgan fingerprint density at radius 1 is 1.24 bits per heavy atom. The summed E-state index contributed by atoms with van der Waals surface area (Å²) in [6, 6.07) is 5.96. The van der Waals surface area contributed by atoms with Crippen LogP contribution in [0, 0.1) is 5.92 Å². The number of aromatic amines is 1.